The Morgan fingerprint density at radius 1 is 1.00 bits per heavy atom. The summed E-state index contributed by atoms with van der Waals surface area (Å²) in [5, 5.41) is 0. The third-order valence-corrected chi connectivity index (χ3v) is 3.96. The van der Waals surface area contributed by atoms with E-state index in [-0.39, 0.29) is 6.29 Å². The van der Waals surface area contributed by atoms with Gasteiger partial charge in [-0.1, -0.05) is 26.2 Å². The monoisotopic (exact) mass is 316 g/mol. The number of rotatable bonds is 7. The predicted molar refractivity (Wildman–Crippen MR) is 78.0 cm³/mol. The second kappa shape index (κ2) is 8.53. The third-order valence-electron chi connectivity index (χ3n) is 3.96. The number of aryl methyl sites for hydroxylation is 1. The fraction of sp³-hybridized carbons (Fsp3) is 0.647. The molecule has 0 unspecified atom stereocenters. The molecule has 0 saturated carbocycles. The van der Waals surface area contributed by atoms with Crippen LogP contribution in [0, 0.1) is 23.4 Å². The molecule has 1 aromatic rings. The molecule has 0 atom stereocenters. The smallest absolute Gasteiger partial charge is 0.194 e. The first-order valence-corrected chi connectivity index (χ1v) is 7.96. The van der Waals surface area contributed by atoms with Gasteiger partial charge in [-0.15, -0.1) is 0 Å². The minimum absolute atomic E-state index is 0.349. The van der Waals surface area contributed by atoms with Gasteiger partial charge in [0, 0.05) is 12.3 Å². The third kappa shape index (κ3) is 4.99. The molecule has 0 bridgehead atoms. The Hall–Kier alpha value is -1.07. The molecule has 2 rings (SSSR count). The number of halogens is 3. The van der Waals surface area contributed by atoms with Gasteiger partial charge < -0.3 is 9.47 Å². The van der Waals surface area contributed by atoms with E-state index in [0.717, 1.165) is 18.6 Å². The van der Waals surface area contributed by atoms with Crippen molar-refractivity contribution in [3.8, 4) is 0 Å². The quantitative estimate of drug-likeness (QED) is 0.540. The van der Waals surface area contributed by atoms with Crippen LogP contribution in [0.15, 0.2) is 12.1 Å². The largest absolute Gasteiger partial charge is 0.352 e. The van der Waals surface area contributed by atoms with E-state index in [1.165, 1.54) is 19.3 Å². The first kappa shape index (κ1) is 17.3. The van der Waals surface area contributed by atoms with Crippen LogP contribution in [0.4, 0.5) is 13.2 Å². The maximum absolute atomic E-state index is 13.1. The van der Waals surface area contributed by atoms with Crippen LogP contribution in [0.5, 0.6) is 0 Å². The number of hydrogen-bond acceptors (Lipinski definition) is 2. The Morgan fingerprint density at radius 2 is 1.64 bits per heavy atom. The molecule has 0 spiro atoms. The molecular weight excluding hydrogens is 293 g/mol. The summed E-state index contributed by atoms with van der Waals surface area (Å²) in [7, 11) is 0. The van der Waals surface area contributed by atoms with Crippen LogP contribution in [-0.4, -0.2) is 19.5 Å². The number of unbranched alkanes of at least 4 members (excludes halogenated alkanes) is 2. The van der Waals surface area contributed by atoms with E-state index in [1.54, 1.807) is 0 Å². The van der Waals surface area contributed by atoms with Crippen molar-refractivity contribution in [3.05, 3.63) is 35.1 Å². The molecule has 0 aliphatic carbocycles. The predicted octanol–water partition coefficient (Wildman–Crippen LogP) is 4.61. The van der Waals surface area contributed by atoms with Gasteiger partial charge in [-0.25, -0.2) is 13.2 Å². The molecule has 0 amide bonds. The minimum atomic E-state index is -1.43. The van der Waals surface area contributed by atoms with Crippen LogP contribution < -0.4 is 0 Å². The molecule has 1 saturated heterocycles. The maximum Gasteiger partial charge on any atom is 0.194 e. The lowest BCUT2D eigenvalue weighted by Gasteiger charge is -2.29. The highest BCUT2D eigenvalue weighted by atomic mass is 19.2. The van der Waals surface area contributed by atoms with Crippen LogP contribution in [0.3, 0.4) is 0 Å². The Labute approximate surface area is 129 Å². The van der Waals surface area contributed by atoms with Gasteiger partial charge in [-0.3, -0.25) is 0 Å². The van der Waals surface area contributed by atoms with Gasteiger partial charge in [0.25, 0.3) is 0 Å². The second-order valence-electron chi connectivity index (χ2n) is 5.87. The van der Waals surface area contributed by atoms with Crippen LogP contribution >= 0.6 is 0 Å². The maximum atomic E-state index is 13.1. The normalized spacial score (nSPS) is 22.0. The lowest BCUT2D eigenvalue weighted by molar-refractivity contribution is -0.203. The molecule has 1 heterocycles. The Kier molecular flexibility index (Phi) is 6.70. The molecule has 1 aliphatic heterocycles. The fourth-order valence-electron chi connectivity index (χ4n) is 2.64. The van der Waals surface area contributed by atoms with Crippen molar-refractivity contribution >= 4 is 0 Å². The SMILES string of the molecule is CCCCCC1COC(CCc2cc(F)c(F)c(F)c2)OC1. The van der Waals surface area contributed by atoms with Gasteiger partial charge in [-0.2, -0.15) is 0 Å². The van der Waals surface area contributed by atoms with Crippen LogP contribution in [0.1, 0.15) is 44.6 Å². The Bertz CT molecular complexity index is 448. The number of hydrogen-bond donors (Lipinski definition) is 0. The molecule has 1 aromatic carbocycles. The van der Waals surface area contributed by atoms with Crippen molar-refractivity contribution in [1.82, 2.24) is 0 Å². The summed E-state index contributed by atoms with van der Waals surface area (Å²) in [5.74, 6) is -3.31. The van der Waals surface area contributed by atoms with E-state index in [0.29, 0.717) is 37.5 Å². The Morgan fingerprint density at radius 3 is 2.23 bits per heavy atom. The molecule has 22 heavy (non-hydrogen) atoms. The first-order chi connectivity index (χ1) is 10.6. The van der Waals surface area contributed by atoms with E-state index in [1.807, 2.05) is 0 Å². The fourth-order valence-corrected chi connectivity index (χ4v) is 2.64. The van der Waals surface area contributed by atoms with Gasteiger partial charge in [0.1, 0.15) is 0 Å². The number of ether oxygens (including phenoxy) is 2. The molecule has 1 fully saturated rings. The van der Waals surface area contributed by atoms with Gasteiger partial charge in [0.2, 0.25) is 0 Å². The standard InChI is InChI=1S/C17H23F3O2/c1-2-3-4-5-13-10-21-16(22-11-13)7-6-12-8-14(18)17(20)15(19)9-12/h8-9,13,16H,2-7,10-11H2,1H3. The zero-order chi connectivity index (χ0) is 15.9. The first-order valence-electron chi connectivity index (χ1n) is 7.96. The average molecular weight is 316 g/mol. The highest BCUT2D eigenvalue weighted by Gasteiger charge is 2.22. The lowest BCUT2D eigenvalue weighted by atomic mass is 10.0. The molecule has 124 valence electrons. The molecular formula is C17H23F3O2. The van der Waals surface area contributed by atoms with E-state index in [2.05, 4.69) is 6.92 Å². The van der Waals surface area contributed by atoms with Crippen LogP contribution in [0.2, 0.25) is 0 Å². The second-order valence-corrected chi connectivity index (χ2v) is 5.87. The van der Waals surface area contributed by atoms with E-state index < -0.39 is 17.5 Å². The average Bonchev–Trinajstić information content (AvgIpc) is 2.52. The molecule has 1 aliphatic rings. The van der Waals surface area contributed by atoms with Gasteiger partial charge in [-0.05, 0) is 30.5 Å². The summed E-state index contributed by atoms with van der Waals surface area (Å²) >= 11 is 0. The van der Waals surface area contributed by atoms with E-state index in [4.69, 9.17) is 9.47 Å². The lowest BCUT2D eigenvalue weighted by Crippen LogP contribution is -2.32. The molecule has 5 heteroatoms. The van der Waals surface area contributed by atoms with Gasteiger partial charge in [0.05, 0.1) is 13.2 Å². The summed E-state index contributed by atoms with van der Waals surface area (Å²) in [4.78, 5) is 0. The van der Waals surface area contributed by atoms with E-state index >= 15 is 0 Å². The Balaban J connectivity index is 1.73. The highest BCUT2D eigenvalue weighted by Crippen LogP contribution is 2.21. The van der Waals surface area contributed by atoms with Crippen molar-refractivity contribution < 1.29 is 22.6 Å². The van der Waals surface area contributed by atoms with Crippen molar-refractivity contribution in [2.45, 2.75) is 51.7 Å². The van der Waals surface area contributed by atoms with Crippen LogP contribution in [0.25, 0.3) is 0 Å². The zero-order valence-electron chi connectivity index (χ0n) is 12.9. The zero-order valence-corrected chi connectivity index (χ0v) is 12.9. The summed E-state index contributed by atoms with van der Waals surface area (Å²) in [6, 6.07) is 2.05. The van der Waals surface area contributed by atoms with Gasteiger partial charge >= 0.3 is 0 Å². The summed E-state index contributed by atoms with van der Waals surface area (Å²) in [6.07, 6.45) is 5.26. The van der Waals surface area contributed by atoms with Crippen molar-refractivity contribution in [1.29, 1.82) is 0 Å². The van der Waals surface area contributed by atoms with Crippen molar-refractivity contribution in [2.75, 3.05) is 13.2 Å². The molecule has 0 radical (unpaired) electrons. The summed E-state index contributed by atoms with van der Waals surface area (Å²) < 4.78 is 50.4. The van der Waals surface area contributed by atoms with Crippen molar-refractivity contribution in [3.63, 3.8) is 0 Å². The van der Waals surface area contributed by atoms with Crippen LogP contribution in [-0.2, 0) is 15.9 Å². The van der Waals surface area contributed by atoms with E-state index in [9.17, 15) is 13.2 Å². The summed E-state index contributed by atoms with van der Waals surface area (Å²) in [6.45, 7) is 3.51. The topological polar surface area (TPSA) is 18.5 Å². The minimum Gasteiger partial charge on any atom is -0.352 e. The number of benzene rings is 1. The highest BCUT2D eigenvalue weighted by molar-refractivity contribution is 5.19. The molecule has 2 nitrogen and oxygen atoms in total. The molecule has 0 aromatic heterocycles. The van der Waals surface area contributed by atoms with Crippen molar-refractivity contribution in [2.24, 2.45) is 5.92 Å². The van der Waals surface area contributed by atoms with Gasteiger partial charge in [0.15, 0.2) is 23.7 Å². The molecule has 0 N–H and O–H groups in total. The summed E-state index contributed by atoms with van der Waals surface area (Å²) in [5.41, 5.74) is 0.411.